The molecule has 38 heavy (non-hydrogen) atoms. The van der Waals surface area contributed by atoms with Gasteiger partial charge >= 0.3 is 5.97 Å². The largest absolute Gasteiger partial charge is 0.497 e. The van der Waals surface area contributed by atoms with Gasteiger partial charge in [0.2, 0.25) is 0 Å². The van der Waals surface area contributed by atoms with Crippen LogP contribution in [0.1, 0.15) is 57.5 Å². The quantitative estimate of drug-likeness (QED) is 0.118. The van der Waals surface area contributed by atoms with Gasteiger partial charge in [0.05, 0.1) is 32.0 Å². The van der Waals surface area contributed by atoms with E-state index >= 15 is 0 Å². The Balaban J connectivity index is 2.14. The smallest absolute Gasteiger partial charge is 0.338 e. The number of hydrogen-bond acceptors (Lipinski definition) is 6. The zero-order chi connectivity index (χ0) is 28.5. The molecular formula is C31H44O6Si. The van der Waals surface area contributed by atoms with Crippen molar-refractivity contribution in [3.8, 4) is 5.75 Å². The first-order valence-corrected chi connectivity index (χ1v) is 16.0. The summed E-state index contributed by atoms with van der Waals surface area (Å²) in [6.07, 6.45) is 0.624. The molecule has 7 heteroatoms. The van der Waals surface area contributed by atoms with Crippen LogP contribution in [0.25, 0.3) is 0 Å². The van der Waals surface area contributed by atoms with E-state index in [9.17, 15) is 9.59 Å². The van der Waals surface area contributed by atoms with E-state index in [1.807, 2.05) is 50.3 Å². The number of methoxy groups -OCH3 is 1. The van der Waals surface area contributed by atoms with Gasteiger partial charge in [-0.05, 0) is 67.4 Å². The van der Waals surface area contributed by atoms with Crippen molar-refractivity contribution in [1.29, 1.82) is 0 Å². The molecule has 0 heterocycles. The second-order valence-corrected chi connectivity index (χ2v) is 16.0. The summed E-state index contributed by atoms with van der Waals surface area (Å²) in [4.78, 5) is 26.0. The molecule has 6 nitrogen and oxygen atoms in total. The third-order valence-electron chi connectivity index (χ3n) is 7.22. The Bertz CT molecular complexity index is 1070. The molecule has 0 saturated heterocycles. The number of benzene rings is 2. The van der Waals surface area contributed by atoms with Crippen LogP contribution in [0.15, 0.2) is 66.2 Å². The summed E-state index contributed by atoms with van der Waals surface area (Å²) in [7, 11) is -0.582. The van der Waals surface area contributed by atoms with Gasteiger partial charge in [-0.2, -0.15) is 0 Å². The van der Waals surface area contributed by atoms with Crippen LogP contribution >= 0.6 is 0 Å². The highest BCUT2D eigenvalue weighted by Gasteiger charge is 2.42. The van der Waals surface area contributed by atoms with Crippen LogP contribution in [-0.4, -0.2) is 46.0 Å². The lowest BCUT2D eigenvalue weighted by Crippen LogP contribution is -2.48. The van der Waals surface area contributed by atoms with Gasteiger partial charge in [0.1, 0.15) is 5.75 Å². The number of rotatable bonds is 13. The first-order valence-electron chi connectivity index (χ1n) is 13.1. The van der Waals surface area contributed by atoms with Crippen molar-refractivity contribution in [3.63, 3.8) is 0 Å². The van der Waals surface area contributed by atoms with Crippen molar-refractivity contribution in [2.24, 2.45) is 5.92 Å². The van der Waals surface area contributed by atoms with Gasteiger partial charge in [-0.3, -0.25) is 4.79 Å². The predicted molar refractivity (Wildman–Crippen MR) is 154 cm³/mol. The minimum atomic E-state index is -2.22. The van der Waals surface area contributed by atoms with Gasteiger partial charge in [-0.1, -0.05) is 64.1 Å². The highest BCUT2D eigenvalue weighted by molar-refractivity contribution is 6.74. The summed E-state index contributed by atoms with van der Waals surface area (Å²) in [5, 5.41) is -0.0371. The monoisotopic (exact) mass is 540 g/mol. The Morgan fingerprint density at radius 1 is 0.974 bits per heavy atom. The number of hydrogen-bond donors (Lipinski definition) is 0. The minimum Gasteiger partial charge on any atom is -0.497 e. The van der Waals surface area contributed by atoms with Crippen molar-refractivity contribution in [2.75, 3.05) is 13.7 Å². The molecule has 0 aliphatic carbocycles. The summed E-state index contributed by atoms with van der Waals surface area (Å²) in [6.45, 7) is 17.1. The fourth-order valence-electron chi connectivity index (χ4n) is 3.67. The molecule has 0 bridgehead atoms. The molecule has 0 radical (unpaired) electrons. The van der Waals surface area contributed by atoms with Crippen LogP contribution in [0.3, 0.4) is 0 Å². The zero-order valence-corrected chi connectivity index (χ0v) is 25.4. The molecule has 208 valence electrons. The maximum absolute atomic E-state index is 13.4. The average Bonchev–Trinajstić information content (AvgIpc) is 2.88. The topological polar surface area (TPSA) is 71.1 Å². The lowest BCUT2D eigenvalue weighted by molar-refractivity contribution is -0.132. The van der Waals surface area contributed by atoms with Crippen molar-refractivity contribution in [3.05, 3.63) is 77.4 Å². The van der Waals surface area contributed by atoms with E-state index in [0.29, 0.717) is 18.8 Å². The fraction of sp³-hybridized carbons (Fsp3) is 0.484. The predicted octanol–water partition coefficient (Wildman–Crippen LogP) is 7.00. The number of ether oxygens (including phenoxy) is 3. The van der Waals surface area contributed by atoms with E-state index in [-0.39, 0.29) is 10.8 Å². The van der Waals surface area contributed by atoms with Gasteiger partial charge < -0.3 is 18.6 Å². The van der Waals surface area contributed by atoms with Crippen LogP contribution in [0.5, 0.6) is 5.75 Å². The molecule has 2 rings (SSSR count). The van der Waals surface area contributed by atoms with Crippen LogP contribution in [0.4, 0.5) is 0 Å². The summed E-state index contributed by atoms with van der Waals surface area (Å²) >= 11 is 0. The zero-order valence-electron chi connectivity index (χ0n) is 24.4. The van der Waals surface area contributed by atoms with Crippen LogP contribution in [-0.2, 0) is 25.3 Å². The van der Waals surface area contributed by atoms with Crippen molar-refractivity contribution in [1.82, 2.24) is 0 Å². The Morgan fingerprint density at radius 2 is 1.58 bits per heavy atom. The van der Waals surface area contributed by atoms with Crippen molar-refractivity contribution in [2.45, 2.75) is 78.5 Å². The molecule has 0 spiro atoms. The van der Waals surface area contributed by atoms with E-state index in [1.165, 1.54) is 0 Å². The number of Topliss-reactive ketones (excluding diaryl/α,β-unsaturated/α-hetero) is 1. The van der Waals surface area contributed by atoms with Gasteiger partial charge in [0.25, 0.3) is 0 Å². The second-order valence-electron chi connectivity index (χ2n) is 11.2. The third-order valence-corrected chi connectivity index (χ3v) is 11.7. The molecule has 0 aliphatic rings. The third kappa shape index (κ3) is 8.93. The molecule has 3 unspecified atom stereocenters. The van der Waals surface area contributed by atoms with Gasteiger partial charge in [0, 0.05) is 5.92 Å². The number of ketones is 1. The number of carbonyl (C=O) groups excluding carboxylic acids is 2. The summed E-state index contributed by atoms with van der Waals surface area (Å²) < 4.78 is 23.4. The SMILES string of the molecule is COc1ccc(COC/C=C(\C)C(O[Si](C)(C)C(C)(C)C)C(C)C(=O)C(C)OC(=O)c2ccccc2)cc1. The van der Waals surface area contributed by atoms with E-state index in [0.717, 1.165) is 16.9 Å². The Kier molecular flexibility index (Phi) is 11.5. The van der Waals surface area contributed by atoms with Crippen LogP contribution < -0.4 is 4.74 Å². The number of esters is 1. The molecule has 2 aromatic carbocycles. The lowest BCUT2D eigenvalue weighted by atomic mass is 9.92. The molecule has 0 amide bonds. The second kappa shape index (κ2) is 13.9. The molecule has 3 atom stereocenters. The first kappa shape index (κ1) is 31.5. The maximum Gasteiger partial charge on any atom is 0.338 e. The highest BCUT2D eigenvalue weighted by atomic mass is 28.4. The molecule has 0 N–H and O–H groups in total. The average molecular weight is 541 g/mol. The van der Waals surface area contributed by atoms with Gasteiger partial charge in [0.15, 0.2) is 20.2 Å². The van der Waals surface area contributed by atoms with Crippen LogP contribution in [0, 0.1) is 5.92 Å². The fourth-order valence-corrected chi connectivity index (χ4v) is 5.05. The van der Waals surface area contributed by atoms with E-state index in [2.05, 4.69) is 33.9 Å². The van der Waals surface area contributed by atoms with Crippen LogP contribution in [0.2, 0.25) is 18.1 Å². The van der Waals surface area contributed by atoms with Crippen molar-refractivity contribution >= 4 is 20.1 Å². The van der Waals surface area contributed by atoms with E-state index < -0.39 is 32.4 Å². The van der Waals surface area contributed by atoms with Crippen molar-refractivity contribution < 1.29 is 28.2 Å². The Morgan fingerprint density at radius 3 is 2.13 bits per heavy atom. The lowest BCUT2D eigenvalue weighted by Gasteiger charge is -2.41. The minimum absolute atomic E-state index is 0.0371. The molecule has 0 saturated carbocycles. The maximum atomic E-state index is 13.4. The summed E-state index contributed by atoms with van der Waals surface area (Å²) in [6, 6.07) is 16.4. The standard InChI is InChI=1S/C31H44O6Si/c1-22(19-20-35-21-25-15-17-27(34-7)18-16-25)29(37-38(8,9)31(4,5)6)23(2)28(32)24(3)36-30(33)26-13-11-10-12-14-26/h10-19,23-24,29H,20-21H2,1-9H3/b22-19+. The summed E-state index contributed by atoms with van der Waals surface area (Å²) in [5.74, 6) is -0.400. The summed E-state index contributed by atoms with van der Waals surface area (Å²) in [5.41, 5.74) is 2.38. The van der Waals surface area contributed by atoms with Gasteiger partial charge in [-0.25, -0.2) is 4.79 Å². The highest BCUT2D eigenvalue weighted by Crippen LogP contribution is 2.39. The Labute approximate surface area is 229 Å². The molecular weight excluding hydrogens is 496 g/mol. The molecule has 0 aliphatic heterocycles. The molecule has 0 aromatic heterocycles. The van der Waals surface area contributed by atoms with E-state index in [1.54, 1.807) is 38.3 Å². The first-order chi connectivity index (χ1) is 17.8. The number of carbonyl (C=O) groups is 2. The normalized spacial score (nSPS) is 14.9. The molecule has 0 fully saturated rings. The van der Waals surface area contributed by atoms with Gasteiger partial charge in [-0.15, -0.1) is 0 Å². The van der Waals surface area contributed by atoms with E-state index in [4.69, 9.17) is 18.6 Å². The Hall–Kier alpha value is -2.74. The molecule has 2 aromatic rings.